The van der Waals surface area contributed by atoms with Crippen molar-refractivity contribution in [2.75, 3.05) is 13.1 Å². The van der Waals surface area contributed by atoms with Crippen LogP contribution in [0.2, 0.25) is 5.02 Å². The Balaban J connectivity index is 1.47. The van der Waals surface area contributed by atoms with Gasteiger partial charge in [-0.3, -0.25) is 4.90 Å². The molecule has 0 radical (unpaired) electrons. The van der Waals surface area contributed by atoms with Gasteiger partial charge in [-0.15, -0.1) is 0 Å². The van der Waals surface area contributed by atoms with E-state index in [2.05, 4.69) is 27.0 Å². The van der Waals surface area contributed by atoms with Crippen molar-refractivity contribution < 1.29 is 4.39 Å². The molecule has 0 amide bonds. The van der Waals surface area contributed by atoms with E-state index in [4.69, 9.17) is 11.6 Å². The van der Waals surface area contributed by atoms with E-state index in [9.17, 15) is 4.39 Å². The van der Waals surface area contributed by atoms with Crippen LogP contribution in [0.15, 0.2) is 42.5 Å². The average molecular weight is 330 g/mol. The van der Waals surface area contributed by atoms with Gasteiger partial charge in [0.25, 0.3) is 0 Å². The van der Waals surface area contributed by atoms with E-state index < -0.39 is 0 Å². The number of aromatic nitrogens is 2. The number of fused-ring (bicyclic) bond motifs is 1. The van der Waals surface area contributed by atoms with E-state index >= 15 is 0 Å². The zero-order valence-corrected chi connectivity index (χ0v) is 13.4. The predicted octanol–water partition coefficient (Wildman–Crippen LogP) is 4.34. The molecule has 0 spiro atoms. The molecule has 23 heavy (non-hydrogen) atoms. The predicted molar refractivity (Wildman–Crippen MR) is 90.1 cm³/mol. The summed E-state index contributed by atoms with van der Waals surface area (Å²) in [7, 11) is 0. The van der Waals surface area contributed by atoms with Crippen molar-refractivity contribution in [2.24, 2.45) is 0 Å². The van der Waals surface area contributed by atoms with Gasteiger partial charge in [0.15, 0.2) is 0 Å². The van der Waals surface area contributed by atoms with Crippen LogP contribution in [0.3, 0.4) is 0 Å². The van der Waals surface area contributed by atoms with E-state index in [0.29, 0.717) is 5.92 Å². The first-order valence-corrected chi connectivity index (χ1v) is 8.17. The number of hydrogen-bond donors (Lipinski definition) is 1. The van der Waals surface area contributed by atoms with Gasteiger partial charge in [-0.25, -0.2) is 9.37 Å². The molecule has 118 valence electrons. The molecule has 0 saturated carbocycles. The van der Waals surface area contributed by atoms with Crippen LogP contribution in [0.1, 0.15) is 23.7 Å². The van der Waals surface area contributed by atoms with E-state index in [0.717, 1.165) is 47.9 Å². The van der Waals surface area contributed by atoms with E-state index in [-0.39, 0.29) is 5.82 Å². The smallest absolute Gasteiger partial charge is 0.125 e. The van der Waals surface area contributed by atoms with E-state index in [1.165, 1.54) is 17.7 Å². The van der Waals surface area contributed by atoms with Crippen molar-refractivity contribution >= 4 is 22.6 Å². The van der Waals surface area contributed by atoms with E-state index in [1.807, 2.05) is 12.1 Å². The van der Waals surface area contributed by atoms with Gasteiger partial charge >= 0.3 is 0 Å². The van der Waals surface area contributed by atoms with Crippen LogP contribution in [0.25, 0.3) is 11.0 Å². The highest BCUT2D eigenvalue weighted by Gasteiger charge is 2.26. The minimum absolute atomic E-state index is 0.233. The van der Waals surface area contributed by atoms with Crippen molar-refractivity contribution in [3.63, 3.8) is 0 Å². The summed E-state index contributed by atoms with van der Waals surface area (Å²) >= 11 is 5.93. The lowest BCUT2D eigenvalue weighted by atomic mass is 10.1. The van der Waals surface area contributed by atoms with Crippen molar-refractivity contribution in [3.8, 4) is 0 Å². The third-order valence-electron chi connectivity index (χ3n) is 4.44. The molecule has 3 aromatic rings. The highest BCUT2D eigenvalue weighted by molar-refractivity contribution is 6.30. The lowest BCUT2D eigenvalue weighted by molar-refractivity contribution is 0.326. The molecule has 1 aromatic heterocycles. The normalized spacial score (nSPS) is 18.8. The average Bonchev–Trinajstić information content (AvgIpc) is 3.15. The summed E-state index contributed by atoms with van der Waals surface area (Å²) in [6.07, 6.45) is 1.07. The Kier molecular flexibility index (Phi) is 3.79. The fourth-order valence-corrected chi connectivity index (χ4v) is 3.37. The van der Waals surface area contributed by atoms with Gasteiger partial charge in [0, 0.05) is 24.0 Å². The third kappa shape index (κ3) is 3.09. The monoisotopic (exact) mass is 329 g/mol. The van der Waals surface area contributed by atoms with Gasteiger partial charge in [-0.05, 0) is 48.9 Å². The minimum atomic E-state index is -0.233. The molecule has 1 aliphatic rings. The maximum atomic E-state index is 13.3. The van der Waals surface area contributed by atoms with Crippen molar-refractivity contribution in [1.29, 1.82) is 0 Å². The molecule has 0 unspecified atom stereocenters. The van der Waals surface area contributed by atoms with Crippen LogP contribution in [0.5, 0.6) is 0 Å². The molecule has 0 aliphatic carbocycles. The Morgan fingerprint density at radius 2 is 2.04 bits per heavy atom. The van der Waals surface area contributed by atoms with Gasteiger partial charge in [-0.1, -0.05) is 23.7 Å². The fraction of sp³-hybridized carbons (Fsp3) is 0.278. The lowest BCUT2D eigenvalue weighted by Crippen LogP contribution is -2.19. The van der Waals surface area contributed by atoms with Gasteiger partial charge in [0.05, 0.1) is 11.0 Å². The maximum Gasteiger partial charge on any atom is 0.125 e. The van der Waals surface area contributed by atoms with Gasteiger partial charge in [0.2, 0.25) is 0 Å². The lowest BCUT2D eigenvalue weighted by Gasteiger charge is -2.15. The van der Waals surface area contributed by atoms with Crippen molar-refractivity contribution in [1.82, 2.24) is 14.9 Å². The van der Waals surface area contributed by atoms with Crippen LogP contribution >= 0.6 is 11.6 Å². The van der Waals surface area contributed by atoms with Crippen molar-refractivity contribution in [3.05, 3.63) is 64.7 Å². The molecule has 2 heterocycles. The summed E-state index contributed by atoms with van der Waals surface area (Å²) in [6, 6.07) is 12.7. The second kappa shape index (κ2) is 5.95. The number of benzene rings is 2. The Bertz CT molecular complexity index is 828. The van der Waals surface area contributed by atoms with Crippen LogP contribution < -0.4 is 0 Å². The molecule has 1 fully saturated rings. The maximum absolute atomic E-state index is 13.3. The van der Waals surface area contributed by atoms with Gasteiger partial charge < -0.3 is 4.98 Å². The molecule has 4 rings (SSSR count). The quantitative estimate of drug-likeness (QED) is 0.775. The number of imidazole rings is 1. The Labute approximate surface area is 139 Å². The molecule has 3 nitrogen and oxygen atoms in total. The molecule has 2 aromatic carbocycles. The number of likely N-dealkylation sites (tertiary alicyclic amines) is 1. The fourth-order valence-electron chi connectivity index (χ4n) is 3.24. The van der Waals surface area contributed by atoms with Crippen LogP contribution in [0, 0.1) is 5.82 Å². The van der Waals surface area contributed by atoms with Crippen LogP contribution in [0.4, 0.5) is 4.39 Å². The summed E-state index contributed by atoms with van der Waals surface area (Å²) in [4.78, 5) is 10.3. The molecular formula is C18H17ClFN3. The van der Waals surface area contributed by atoms with Crippen LogP contribution in [-0.2, 0) is 6.54 Å². The molecule has 0 bridgehead atoms. The minimum Gasteiger partial charge on any atom is -0.342 e. The molecule has 5 heteroatoms. The first-order valence-electron chi connectivity index (χ1n) is 7.79. The third-order valence-corrected chi connectivity index (χ3v) is 4.69. The zero-order valence-electron chi connectivity index (χ0n) is 12.6. The summed E-state index contributed by atoms with van der Waals surface area (Å²) in [5, 5.41) is 0.766. The highest BCUT2D eigenvalue weighted by atomic mass is 35.5. The second-order valence-electron chi connectivity index (χ2n) is 6.13. The largest absolute Gasteiger partial charge is 0.342 e. The Hall–Kier alpha value is -1.91. The topological polar surface area (TPSA) is 31.9 Å². The summed E-state index contributed by atoms with van der Waals surface area (Å²) < 4.78 is 13.3. The Morgan fingerprint density at radius 3 is 2.87 bits per heavy atom. The number of rotatable bonds is 3. The van der Waals surface area contributed by atoms with E-state index in [1.54, 1.807) is 6.07 Å². The number of aromatic amines is 1. The van der Waals surface area contributed by atoms with Gasteiger partial charge in [-0.2, -0.15) is 0 Å². The SMILES string of the molecule is Fc1ccc2nc([C@H]3CCN(Cc4ccc(Cl)cc4)C3)[nH]c2c1. The Morgan fingerprint density at radius 1 is 1.22 bits per heavy atom. The van der Waals surface area contributed by atoms with Crippen molar-refractivity contribution in [2.45, 2.75) is 18.9 Å². The van der Waals surface area contributed by atoms with Crippen LogP contribution in [-0.4, -0.2) is 28.0 Å². The number of H-pyrrole nitrogens is 1. The standard InChI is InChI=1S/C18H17ClFN3/c19-14-3-1-12(2-4-14)10-23-8-7-13(11-23)18-21-16-6-5-15(20)9-17(16)22-18/h1-6,9,13H,7-8,10-11H2,(H,21,22)/t13-/m0/s1. The highest BCUT2D eigenvalue weighted by Crippen LogP contribution is 2.28. The summed E-state index contributed by atoms with van der Waals surface area (Å²) in [5.74, 6) is 1.10. The number of hydrogen-bond acceptors (Lipinski definition) is 2. The van der Waals surface area contributed by atoms with Gasteiger partial charge in [0.1, 0.15) is 11.6 Å². The zero-order chi connectivity index (χ0) is 15.8. The number of nitrogens with one attached hydrogen (secondary N) is 1. The molecule has 1 atom stereocenters. The second-order valence-corrected chi connectivity index (χ2v) is 6.57. The molecule has 1 saturated heterocycles. The first-order chi connectivity index (χ1) is 11.2. The molecule has 1 aliphatic heterocycles. The summed E-state index contributed by atoms with van der Waals surface area (Å²) in [6.45, 7) is 2.92. The first kappa shape index (κ1) is 14.7. The molecule has 1 N–H and O–H groups in total. The molecular weight excluding hydrogens is 313 g/mol. The number of nitrogens with zero attached hydrogens (tertiary/aromatic N) is 2. The number of halogens is 2. The summed E-state index contributed by atoms with van der Waals surface area (Å²) in [5.41, 5.74) is 2.87.